The van der Waals surface area contributed by atoms with E-state index in [1.807, 2.05) is 0 Å². The van der Waals surface area contributed by atoms with Crippen LogP contribution in [0.1, 0.15) is 17.3 Å². The Bertz CT molecular complexity index is 620. The van der Waals surface area contributed by atoms with Crippen molar-refractivity contribution in [2.75, 3.05) is 0 Å². The Morgan fingerprint density at radius 2 is 2.17 bits per heavy atom. The molecule has 0 bridgehead atoms. The first-order valence-electron chi connectivity index (χ1n) is 4.64. The predicted molar refractivity (Wildman–Crippen MR) is 62.1 cm³/mol. The molecule has 0 amide bonds. The van der Waals surface area contributed by atoms with Gasteiger partial charge in [0.2, 0.25) is 0 Å². The molecule has 1 N–H and O–H groups in total. The summed E-state index contributed by atoms with van der Waals surface area (Å²) in [6.07, 6.45) is -0.891. The molecule has 0 aliphatic heterocycles. The van der Waals surface area contributed by atoms with Gasteiger partial charge < -0.3 is 9.84 Å². The van der Waals surface area contributed by atoms with E-state index in [2.05, 4.69) is 0 Å². The van der Waals surface area contributed by atoms with E-state index in [0.29, 0.717) is 0 Å². The normalized spacial score (nSPS) is 12.5. The topological polar surface area (TPSA) is 104 Å². The van der Waals surface area contributed by atoms with Gasteiger partial charge >= 0.3 is 5.97 Å². The molecule has 0 aliphatic carbocycles. The molecule has 0 heterocycles. The average Bonchev–Trinajstić information content (AvgIpc) is 2.27. The van der Waals surface area contributed by atoms with Gasteiger partial charge in [0.05, 0.1) is 5.56 Å². The summed E-state index contributed by atoms with van der Waals surface area (Å²) in [4.78, 5) is 10.3. The van der Waals surface area contributed by atoms with Crippen LogP contribution in [-0.4, -0.2) is 25.6 Å². The highest BCUT2D eigenvalue weighted by Crippen LogP contribution is 2.28. The number of carbonyl (C=O) groups is 1. The van der Waals surface area contributed by atoms with Gasteiger partial charge in [-0.1, -0.05) is 0 Å². The lowest BCUT2D eigenvalue weighted by Crippen LogP contribution is -2.11. The SMILES string of the molecule is CC(C#N)Oc1ccc(C(=O)O)cc1S(=O)(=O)Cl. The third kappa shape index (κ3) is 3.35. The standard InChI is InChI=1S/C10H8ClNO5S/c1-6(5-12)17-8-3-2-7(10(13)14)4-9(8)18(11,15)16/h2-4,6H,1H3,(H,13,14). The van der Waals surface area contributed by atoms with Gasteiger partial charge in [0.1, 0.15) is 16.7 Å². The van der Waals surface area contributed by atoms with Crippen molar-refractivity contribution in [1.82, 2.24) is 0 Å². The van der Waals surface area contributed by atoms with E-state index in [0.717, 1.165) is 18.2 Å². The number of ether oxygens (including phenoxy) is 1. The predicted octanol–water partition coefficient (Wildman–Crippen LogP) is 1.60. The molecule has 18 heavy (non-hydrogen) atoms. The minimum atomic E-state index is -4.17. The minimum Gasteiger partial charge on any atom is -0.478 e. The molecule has 0 aliphatic rings. The number of aromatic carboxylic acids is 1. The highest BCUT2D eigenvalue weighted by Gasteiger charge is 2.20. The van der Waals surface area contributed by atoms with Gasteiger partial charge in [-0.15, -0.1) is 0 Å². The van der Waals surface area contributed by atoms with Crippen LogP contribution in [0.4, 0.5) is 0 Å². The lowest BCUT2D eigenvalue weighted by molar-refractivity contribution is 0.0696. The van der Waals surface area contributed by atoms with Crippen molar-refractivity contribution in [3.8, 4) is 11.8 Å². The second-order valence-electron chi connectivity index (χ2n) is 3.29. The maximum absolute atomic E-state index is 11.3. The number of benzene rings is 1. The zero-order valence-corrected chi connectivity index (χ0v) is 10.7. The number of nitriles is 1. The second-order valence-corrected chi connectivity index (χ2v) is 5.83. The van der Waals surface area contributed by atoms with Crippen molar-refractivity contribution in [2.24, 2.45) is 0 Å². The number of carboxylic acid groups (broad SMARTS) is 1. The second kappa shape index (κ2) is 5.25. The summed E-state index contributed by atoms with van der Waals surface area (Å²) >= 11 is 0. The molecule has 96 valence electrons. The average molecular weight is 290 g/mol. The minimum absolute atomic E-state index is 0.163. The van der Waals surface area contributed by atoms with Crippen LogP contribution < -0.4 is 4.74 Å². The number of rotatable bonds is 4. The molecule has 0 spiro atoms. The monoisotopic (exact) mass is 289 g/mol. The van der Waals surface area contributed by atoms with Crippen LogP contribution in [0, 0.1) is 11.3 Å². The first-order chi connectivity index (χ1) is 8.25. The summed E-state index contributed by atoms with van der Waals surface area (Å²) < 4.78 is 27.7. The van der Waals surface area contributed by atoms with Crippen molar-refractivity contribution in [3.05, 3.63) is 23.8 Å². The molecule has 8 heteroatoms. The third-order valence-corrected chi connectivity index (χ3v) is 3.28. The molecule has 0 aromatic heterocycles. The molecular formula is C10H8ClNO5S. The molecule has 1 atom stereocenters. The van der Waals surface area contributed by atoms with Crippen LogP contribution in [0.5, 0.6) is 5.75 Å². The fraction of sp³-hybridized carbons (Fsp3) is 0.200. The lowest BCUT2D eigenvalue weighted by atomic mass is 10.2. The largest absolute Gasteiger partial charge is 0.478 e. The van der Waals surface area contributed by atoms with Gasteiger partial charge in [0.15, 0.2) is 6.10 Å². The Kier molecular flexibility index (Phi) is 4.16. The maximum atomic E-state index is 11.3. The van der Waals surface area contributed by atoms with Crippen molar-refractivity contribution in [3.63, 3.8) is 0 Å². The molecule has 0 radical (unpaired) electrons. The van der Waals surface area contributed by atoms with Crippen molar-refractivity contribution in [2.45, 2.75) is 17.9 Å². The summed E-state index contributed by atoms with van der Waals surface area (Å²) in [5.74, 6) is -1.46. The molecule has 0 fully saturated rings. The molecule has 1 aromatic carbocycles. The Morgan fingerprint density at radius 1 is 1.56 bits per heavy atom. The van der Waals surface area contributed by atoms with Gasteiger partial charge in [0, 0.05) is 10.7 Å². The number of hydrogen-bond acceptors (Lipinski definition) is 5. The van der Waals surface area contributed by atoms with E-state index in [1.165, 1.54) is 6.92 Å². The van der Waals surface area contributed by atoms with Crippen LogP contribution in [0.25, 0.3) is 0 Å². The Balaban J connectivity index is 3.36. The summed E-state index contributed by atoms with van der Waals surface area (Å²) in [7, 11) is 1.01. The lowest BCUT2D eigenvalue weighted by Gasteiger charge is -2.11. The fourth-order valence-electron chi connectivity index (χ4n) is 1.15. The van der Waals surface area contributed by atoms with Crippen molar-refractivity contribution < 1.29 is 23.1 Å². The molecule has 1 unspecified atom stereocenters. The highest BCUT2D eigenvalue weighted by atomic mass is 35.7. The van der Waals surface area contributed by atoms with Crippen LogP contribution in [0.15, 0.2) is 23.1 Å². The Labute approximate surface area is 108 Å². The van der Waals surface area contributed by atoms with E-state index in [-0.39, 0.29) is 11.3 Å². The molecule has 1 aromatic rings. The number of nitrogens with zero attached hydrogens (tertiary/aromatic N) is 1. The zero-order valence-electron chi connectivity index (χ0n) is 9.12. The molecular weight excluding hydrogens is 282 g/mol. The number of hydrogen-bond donors (Lipinski definition) is 1. The van der Waals surface area contributed by atoms with Gasteiger partial charge in [-0.3, -0.25) is 0 Å². The molecule has 0 saturated carbocycles. The Morgan fingerprint density at radius 3 is 2.61 bits per heavy atom. The van der Waals surface area contributed by atoms with Crippen molar-refractivity contribution in [1.29, 1.82) is 5.26 Å². The summed E-state index contributed by atoms with van der Waals surface area (Å²) in [5.41, 5.74) is -0.244. The number of carboxylic acids is 1. The van der Waals surface area contributed by atoms with Crippen molar-refractivity contribution >= 4 is 25.7 Å². The van der Waals surface area contributed by atoms with Crippen LogP contribution >= 0.6 is 10.7 Å². The van der Waals surface area contributed by atoms with Gasteiger partial charge in [-0.05, 0) is 25.1 Å². The van der Waals surface area contributed by atoms with Gasteiger partial charge in [-0.25, -0.2) is 13.2 Å². The first kappa shape index (κ1) is 14.3. The quantitative estimate of drug-likeness (QED) is 0.844. The van der Waals surface area contributed by atoms with E-state index < -0.39 is 26.0 Å². The maximum Gasteiger partial charge on any atom is 0.335 e. The van der Waals surface area contributed by atoms with E-state index in [1.54, 1.807) is 6.07 Å². The fourth-order valence-corrected chi connectivity index (χ4v) is 2.13. The summed E-state index contributed by atoms with van der Waals surface area (Å²) in [6.45, 7) is 1.41. The molecule has 6 nitrogen and oxygen atoms in total. The highest BCUT2D eigenvalue weighted by molar-refractivity contribution is 8.13. The smallest absolute Gasteiger partial charge is 0.335 e. The summed E-state index contributed by atoms with van der Waals surface area (Å²) in [5, 5.41) is 17.3. The van der Waals surface area contributed by atoms with E-state index in [4.69, 9.17) is 25.8 Å². The zero-order chi connectivity index (χ0) is 13.9. The van der Waals surface area contributed by atoms with Crippen LogP contribution in [0.3, 0.4) is 0 Å². The van der Waals surface area contributed by atoms with E-state index in [9.17, 15) is 13.2 Å². The van der Waals surface area contributed by atoms with E-state index >= 15 is 0 Å². The van der Waals surface area contributed by atoms with Crippen LogP contribution in [0.2, 0.25) is 0 Å². The molecule has 1 rings (SSSR count). The third-order valence-electron chi connectivity index (χ3n) is 1.94. The molecule has 0 saturated heterocycles. The summed E-state index contributed by atoms with van der Waals surface area (Å²) in [6, 6.07) is 4.94. The van der Waals surface area contributed by atoms with Gasteiger partial charge in [0.25, 0.3) is 9.05 Å². The number of halogens is 1. The van der Waals surface area contributed by atoms with Crippen LogP contribution in [-0.2, 0) is 9.05 Å². The Hall–Kier alpha value is -1.78. The first-order valence-corrected chi connectivity index (χ1v) is 6.95. The van der Waals surface area contributed by atoms with Gasteiger partial charge in [-0.2, -0.15) is 5.26 Å².